The van der Waals surface area contributed by atoms with Crippen LogP contribution in [-0.2, 0) is 0 Å². The summed E-state index contributed by atoms with van der Waals surface area (Å²) in [4.78, 5) is 18.2. The number of nitrogens with zero attached hydrogens (tertiary/aromatic N) is 2. The molecular formula is C16H18N2O. The molecule has 0 saturated carbocycles. The van der Waals surface area contributed by atoms with Crippen LogP contribution in [0.15, 0.2) is 36.5 Å². The van der Waals surface area contributed by atoms with E-state index in [0.29, 0.717) is 5.56 Å². The SMILES string of the molecule is Cc1cccc(-c2ncccc2C(=O)N(C)C)c1C. The van der Waals surface area contributed by atoms with E-state index in [1.165, 1.54) is 5.56 Å². The van der Waals surface area contributed by atoms with Crippen molar-refractivity contribution in [3.8, 4) is 11.3 Å². The van der Waals surface area contributed by atoms with Gasteiger partial charge in [0.1, 0.15) is 0 Å². The Labute approximate surface area is 113 Å². The van der Waals surface area contributed by atoms with Gasteiger partial charge >= 0.3 is 0 Å². The van der Waals surface area contributed by atoms with Crippen LogP contribution in [0.25, 0.3) is 11.3 Å². The van der Waals surface area contributed by atoms with Gasteiger partial charge in [-0.05, 0) is 37.1 Å². The highest BCUT2D eigenvalue weighted by atomic mass is 16.2. The fourth-order valence-corrected chi connectivity index (χ4v) is 2.04. The Morgan fingerprint density at radius 2 is 1.84 bits per heavy atom. The van der Waals surface area contributed by atoms with E-state index in [-0.39, 0.29) is 5.91 Å². The molecule has 1 aromatic carbocycles. The van der Waals surface area contributed by atoms with Crippen LogP contribution in [-0.4, -0.2) is 29.9 Å². The van der Waals surface area contributed by atoms with Crippen molar-refractivity contribution >= 4 is 5.91 Å². The van der Waals surface area contributed by atoms with E-state index in [4.69, 9.17) is 0 Å². The van der Waals surface area contributed by atoms with E-state index >= 15 is 0 Å². The molecule has 1 heterocycles. The van der Waals surface area contributed by atoms with Gasteiger partial charge in [0.2, 0.25) is 0 Å². The first-order valence-electron chi connectivity index (χ1n) is 6.25. The Morgan fingerprint density at radius 1 is 1.11 bits per heavy atom. The third-order valence-corrected chi connectivity index (χ3v) is 3.30. The number of hydrogen-bond acceptors (Lipinski definition) is 2. The summed E-state index contributed by atoms with van der Waals surface area (Å²) < 4.78 is 0. The summed E-state index contributed by atoms with van der Waals surface area (Å²) in [5.74, 6) is -0.0241. The minimum Gasteiger partial charge on any atom is -0.345 e. The molecule has 0 bridgehead atoms. The molecule has 98 valence electrons. The molecule has 0 radical (unpaired) electrons. The zero-order chi connectivity index (χ0) is 14.0. The first-order valence-corrected chi connectivity index (χ1v) is 6.25. The van der Waals surface area contributed by atoms with Crippen molar-refractivity contribution in [2.24, 2.45) is 0 Å². The lowest BCUT2D eigenvalue weighted by molar-refractivity contribution is 0.0828. The zero-order valence-electron chi connectivity index (χ0n) is 11.8. The normalized spacial score (nSPS) is 10.3. The maximum absolute atomic E-state index is 12.2. The van der Waals surface area contributed by atoms with E-state index in [1.807, 2.05) is 18.2 Å². The summed E-state index contributed by atoms with van der Waals surface area (Å²) in [7, 11) is 3.50. The summed E-state index contributed by atoms with van der Waals surface area (Å²) >= 11 is 0. The van der Waals surface area contributed by atoms with Crippen molar-refractivity contribution in [2.45, 2.75) is 13.8 Å². The predicted molar refractivity (Wildman–Crippen MR) is 77.2 cm³/mol. The Morgan fingerprint density at radius 3 is 2.53 bits per heavy atom. The summed E-state index contributed by atoms with van der Waals surface area (Å²) in [5.41, 5.74) is 4.77. The van der Waals surface area contributed by atoms with Crippen LogP contribution in [0.3, 0.4) is 0 Å². The monoisotopic (exact) mass is 254 g/mol. The summed E-state index contributed by atoms with van der Waals surface area (Å²) in [6.45, 7) is 4.12. The lowest BCUT2D eigenvalue weighted by atomic mass is 9.97. The molecule has 0 spiro atoms. The van der Waals surface area contributed by atoms with Crippen LogP contribution in [0.1, 0.15) is 21.5 Å². The highest BCUT2D eigenvalue weighted by molar-refractivity contribution is 5.99. The zero-order valence-corrected chi connectivity index (χ0v) is 11.8. The largest absolute Gasteiger partial charge is 0.345 e. The van der Waals surface area contributed by atoms with Gasteiger partial charge < -0.3 is 4.90 Å². The van der Waals surface area contributed by atoms with E-state index in [9.17, 15) is 4.79 Å². The summed E-state index contributed by atoms with van der Waals surface area (Å²) in [6.07, 6.45) is 1.73. The van der Waals surface area contributed by atoms with Crippen LogP contribution in [0.2, 0.25) is 0 Å². The molecule has 0 atom stereocenters. The topological polar surface area (TPSA) is 33.2 Å². The van der Waals surface area contributed by atoms with Crippen LogP contribution in [0.5, 0.6) is 0 Å². The van der Waals surface area contributed by atoms with Gasteiger partial charge in [0.05, 0.1) is 11.3 Å². The highest BCUT2D eigenvalue weighted by Crippen LogP contribution is 2.27. The molecule has 3 heteroatoms. The standard InChI is InChI=1S/C16H18N2O/c1-11-7-5-8-13(12(11)2)15-14(9-6-10-17-15)16(19)18(3)4/h5-10H,1-4H3. The third-order valence-electron chi connectivity index (χ3n) is 3.30. The molecule has 19 heavy (non-hydrogen) atoms. The third kappa shape index (κ3) is 2.50. The maximum Gasteiger partial charge on any atom is 0.255 e. The van der Waals surface area contributed by atoms with Crippen molar-refractivity contribution < 1.29 is 4.79 Å². The molecule has 0 N–H and O–H groups in total. The average molecular weight is 254 g/mol. The van der Waals surface area contributed by atoms with Gasteiger partial charge in [-0.2, -0.15) is 0 Å². The van der Waals surface area contributed by atoms with E-state index < -0.39 is 0 Å². The molecule has 0 fully saturated rings. The maximum atomic E-state index is 12.2. The Hall–Kier alpha value is -2.16. The average Bonchev–Trinajstić information content (AvgIpc) is 2.41. The summed E-state index contributed by atoms with van der Waals surface area (Å²) in [5, 5.41) is 0. The molecule has 3 nitrogen and oxygen atoms in total. The van der Waals surface area contributed by atoms with Gasteiger partial charge in [-0.15, -0.1) is 0 Å². The van der Waals surface area contributed by atoms with Crippen molar-refractivity contribution in [3.63, 3.8) is 0 Å². The molecular weight excluding hydrogens is 236 g/mol. The predicted octanol–water partition coefficient (Wildman–Crippen LogP) is 3.07. The fraction of sp³-hybridized carbons (Fsp3) is 0.250. The first kappa shape index (κ1) is 13.3. The molecule has 0 unspecified atom stereocenters. The molecule has 0 saturated heterocycles. The van der Waals surface area contributed by atoms with Gasteiger partial charge in [-0.1, -0.05) is 18.2 Å². The summed E-state index contributed by atoms with van der Waals surface area (Å²) in [6, 6.07) is 9.69. The van der Waals surface area contributed by atoms with Crippen molar-refractivity contribution in [1.82, 2.24) is 9.88 Å². The molecule has 2 rings (SSSR count). The number of hydrogen-bond donors (Lipinski definition) is 0. The molecule has 0 aliphatic carbocycles. The van der Waals surface area contributed by atoms with Crippen LogP contribution in [0.4, 0.5) is 0 Å². The number of benzene rings is 1. The van der Waals surface area contributed by atoms with E-state index in [0.717, 1.165) is 16.8 Å². The van der Waals surface area contributed by atoms with Crippen molar-refractivity contribution in [2.75, 3.05) is 14.1 Å². The Bertz CT molecular complexity index is 618. The van der Waals surface area contributed by atoms with Gasteiger partial charge in [-0.25, -0.2) is 0 Å². The first-order chi connectivity index (χ1) is 9.02. The van der Waals surface area contributed by atoms with Gasteiger partial charge in [-0.3, -0.25) is 9.78 Å². The number of aryl methyl sites for hydroxylation is 1. The lowest BCUT2D eigenvalue weighted by Crippen LogP contribution is -2.22. The molecule has 1 amide bonds. The Kier molecular flexibility index (Phi) is 3.65. The van der Waals surface area contributed by atoms with Gasteiger partial charge in [0, 0.05) is 25.9 Å². The van der Waals surface area contributed by atoms with Gasteiger partial charge in [0.15, 0.2) is 0 Å². The quantitative estimate of drug-likeness (QED) is 0.825. The second kappa shape index (κ2) is 5.22. The molecule has 2 aromatic rings. The highest BCUT2D eigenvalue weighted by Gasteiger charge is 2.16. The number of carbonyl (C=O) groups is 1. The number of pyridine rings is 1. The van der Waals surface area contributed by atoms with E-state index in [2.05, 4.69) is 24.9 Å². The van der Waals surface area contributed by atoms with Gasteiger partial charge in [0.25, 0.3) is 5.91 Å². The van der Waals surface area contributed by atoms with Crippen molar-refractivity contribution in [1.29, 1.82) is 0 Å². The second-order valence-corrected chi connectivity index (χ2v) is 4.85. The second-order valence-electron chi connectivity index (χ2n) is 4.85. The van der Waals surface area contributed by atoms with E-state index in [1.54, 1.807) is 31.3 Å². The number of aromatic nitrogens is 1. The number of amides is 1. The lowest BCUT2D eigenvalue weighted by Gasteiger charge is -2.15. The van der Waals surface area contributed by atoms with Crippen LogP contribution >= 0.6 is 0 Å². The molecule has 0 aliphatic heterocycles. The number of carbonyl (C=O) groups excluding carboxylic acids is 1. The smallest absolute Gasteiger partial charge is 0.255 e. The number of rotatable bonds is 2. The molecule has 0 aliphatic rings. The van der Waals surface area contributed by atoms with Crippen LogP contribution < -0.4 is 0 Å². The Balaban J connectivity index is 2.63. The minimum absolute atomic E-state index is 0.0241. The molecule has 1 aromatic heterocycles. The van der Waals surface area contributed by atoms with Crippen LogP contribution in [0, 0.1) is 13.8 Å². The van der Waals surface area contributed by atoms with Crippen molar-refractivity contribution in [3.05, 3.63) is 53.2 Å². The minimum atomic E-state index is -0.0241. The fourth-order valence-electron chi connectivity index (χ4n) is 2.04.